The maximum absolute atomic E-state index is 10.4. The Hall–Kier alpha value is -0.690. The predicted molar refractivity (Wildman–Crippen MR) is 56.4 cm³/mol. The van der Waals surface area contributed by atoms with Gasteiger partial charge in [-0.1, -0.05) is 0 Å². The predicted octanol–water partition coefficient (Wildman–Crippen LogP) is 2.25. The zero-order valence-corrected chi connectivity index (χ0v) is 9.06. The van der Waals surface area contributed by atoms with Crippen molar-refractivity contribution in [3.8, 4) is 0 Å². The first-order valence-electron chi connectivity index (χ1n) is 3.64. The van der Waals surface area contributed by atoms with Gasteiger partial charge in [0.15, 0.2) is 0 Å². The molecule has 0 aliphatic rings. The Labute approximate surface area is 88.9 Å². The third-order valence-corrected chi connectivity index (χ3v) is 2.62. The molecule has 0 unspecified atom stereocenters. The Kier molecular flexibility index (Phi) is 3.21. The third-order valence-electron chi connectivity index (χ3n) is 1.64. The highest BCUT2D eigenvalue weighted by atomic mass is 127. The van der Waals surface area contributed by atoms with Crippen LogP contribution in [0.15, 0.2) is 18.2 Å². The zero-order valence-electron chi connectivity index (χ0n) is 6.90. The Morgan fingerprint density at radius 2 is 2.23 bits per heavy atom. The molecule has 70 valence electrons. The molecule has 1 atom stereocenters. The lowest BCUT2D eigenvalue weighted by Gasteiger charge is -2.06. The highest BCUT2D eigenvalue weighted by Gasteiger charge is 2.12. The molecular weight excluding hydrogens is 285 g/mol. The Morgan fingerprint density at radius 1 is 1.62 bits per heavy atom. The number of benzene rings is 1. The Balaban J connectivity index is 3.19. The van der Waals surface area contributed by atoms with Crippen molar-refractivity contribution in [2.75, 3.05) is 0 Å². The van der Waals surface area contributed by atoms with E-state index in [4.69, 9.17) is 0 Å². The molecule has 0 spiro atoms. The first-order chi connectivity index (χ1) is 6.02. The van der Waals surface area contributed by atoms with Crippen molar-refractivity contribution >= 4 is 28.3 Å². The second kappa shape index (κ2) is 4.01. The van der Waals surface area contributed by atoms with E-state index in [0.29, 0.717) is 5.56 Å². The number of rotatable bonds is 2. The number of non-ortho nitro benzene ring substituents is 1. The van der Waals surface area contributed by atoms with Crippen LogP contribution in [0, 0.1) is 13.7 Å². The third kappa shape index (κ3) is 2.38. The fourth-order valence-electron chi connectivity index (χ4n) is 0.965. The number of nitro benzene ring substituents is 1. The molecular formula is C8H8INO3. The molecule has 1 aromatic rings. The minimum absolute atomic E-state index is 0.0105. The molecule has 0 saturated carbocycles. The summed E-state index contributed by atoms with van der Waals surface area (Å²) in [7, 11) is 0. The van der Waals surface area contributed by atoms with Crippen LogP contribution in [-0.4, -0.2) is 10.0 Å². The molecule has 0 heterocycles. The Bertz CT molecular complexity index is 338. The molecule has 1 rings (SSSR count). The van der Waals surface area contributed by atoms with Gasteiger partial charge in [0.25, 0.3) is 5.69 Å². The summed E-state index contributed by atoms with van der Waals surface area (Å²) in [6.07, 6.45) is -0.674. The summed E-state index contributed by atoms with van der Waals surface area (Å²) in [4.78, 5) is 9.94. The van der Waals surface area contributed by atoms with E-state index in [2.05, 4.69) is 0 Å². The molecule has 0 bridgehead atoms. The number of aliphatic hydroxyl groups excluding tert-OH is 1. The molecule has 0 aliphatic carbocycles. The van der Waals surface area contributed by atoms with Crippen molar-refractivity contribution in [2.45, 2.75) is 13.0 Å². The van der Waals surface area contributed by atoms with E-state index in [0.717, 1.165) is 3.57 Å². The van der Waals surface area contributed by atoms with Crippen molar-refractivity contribution in [2.24, 2.45) is 0 Å². The molecule has 0 aliphatic heterocycles. The maximum Gasteiger partial charge on any atom is 0.269 e. The van der Waals surface area contributed by atoms with E-state index in [-0.39, 0.29) is 5.69 Å². The van der Waals surface area contributed by atoms with Crippen LogP contribution in [0.1, 0.15) is 18.6 Å². The molecule has 0 fully saturated rings. The van der Waals surface area contributed by atoms with E-state index in [1.54, 1.807) is 13.0 Å². The highest BCUT2D eigenvalue weighted by molar-refractivity contribution is 14.1. The van der Waals surface area contributed by atoms with Crippen molar-refractivity contribution in [1.82, 2.24) is 0 Å². The summed E-state index contributed by atoms with van der Waals surface area (Å²) in [5.41, 5.74) is 0.603. The molecule has 0 saturated heterocycles. The Morgan fingerprint density at radius 3 is 2.69 bits per heavy atom. The summed E-state index contributed by atoms with van der Waals surface area (Å²) < 4.78 is 0.832. The van der Waals surface area contributed by atoms with Crippen molar-refractivity contribution in [1.29, 1.82) is 0 Å². The van der Waals surface area contributed by atoms with Crippen LogP contribution in [0.5, 0.6) is 0 Å². The second-order valence-electron chi connectivity index (χ2n) is 2.64. The van der Waals surface area contributed by atoms with E-state index >= 15 is 0 Å². The minimum atomic E-state index is -0.674. The summed E-state index contributed by atoms with van der Waals surface area (Å²) >= 11 is 2.03. The van der Waals surface area contributed by atoms with Crippen molar-refractivity contribution < 1.29 is 10.0 Å². The lowest BCUT2D eigenvalue weighted by molar-refractivity contribution is -0.385. The number of aliphatic hydroxyl groups is 1. The average Bonchev–Trinajstić information content (AvgIpc) is 2.04. The lowest BCUT2D eigenvalue weighted by atomic mass is 10.1. The number of nitro groups is 1. The number of nitrogens with zero attached hydrogens (tertiary/aromatic N) is 1. The van der Waals surface area contributed by atoms with Crippen LogP contribution in [-0.2, 0) is 0 Å². The normalized spacial score (nSPS) is 12.5. The fraction of sp³-hybridized carbons (Fsp3) is 0.250. The van der Waals surface area contributed by atoms with Gasteiger partial charge < -0.3 is 5.11 Å². The molecule has 0 aromatic heterocycles. The van der Waals surface area contributed by atoms with Crippen molar-refractivity contribution in [3.05, 3.63) is 37.4 Å². The largest absolute Gasteiger partial charge is 0.389 e. The van der Waals surface area contributed by atoms with Gasteiger partial charge in [-0.05, 0) is 35.6 Å². The SMILES string of the molecule is C[C@@H](O)c1cc([N+](=O)[O-])ccc1I. The topological polar surface area (TPSA) is 63.4 Å². The summed E-state index contributed by atoms with van der Waals surface area (Å²) in [6.45, 7) is 1.58. The molecule has 0 radical (unpaired) electrons. The van der Waals surface area contributed by atoms with Gasteiger partial charge in [0.1, 0.15) is 0 Å². The van der Waals surface area contributed by atoms with E-state index in [9.17, 15) is 15.2 Å². The van der Waals surface area contributed by atoms with Crippen LogP contribution in [0.25, 0.3) is 0 Å². The number of hydrogen-bond acceptors (Lipinski definition) is 3. The van der Waals surface area contributed by atoms with Gasteiger partial charge in [0, 0.05) is 21.3 Å². The summed E-state index contributed by atoms with van der Waals surface area (Å²) in [5.74, 6) is 0. The molecule has 0 amide bonds. The quantitative estimate of drug-likeness (QED) is 0.517. The molecule has 4 nitrogen and oxygen atoms in total. The molecule has 1 aromatic carbocycles. The van der Waals surface area contributed by atoms with Gasteiger partial charge in [-0.25, -0.2) is 0 Å². The maximum atomic E-state index is 10.4. The average molecular weight is 293 g/mol. The first kappa shape index (κ1) is 10.4. The van der Waals surface area contributed by atoms with Crippen LogP contribution < -0.4 is 0 Å². The minimum Gasteiger partial charge on any atom is -0.389 e. The molecule has 1 N–H and O–H groups in total. The van der Waals surface area contributed by atoms with Gasteiger partial charge in [-0.15, -0.1) is 0 Å². The number of hydrogen-bond donors (Lipinski definition) is 1. The monoisotopic (exact) mass is 293 g/mol. The van der Waals surface area contributed by atoms with Gasteiger partial charge in [0.2, 0.25) is 0 Å². The van der Waals surface area contributed by atoms with Crippen molar-refractivity contribution in [3.63, 3.8) is 0 Å². The summed E-state index contributed by atoms with van der Waals surface area (Å²) in [6, 6.07) is 4.45. The highest BCUT2D eigenvalue weighted by Crippen LogP contribution is 2.24. The standard InChI is InChI=1S/C8H8INO3/c1-5(11)7-4-6(10(12)13)2-3-8(7)9/h2-5,11H,1H3/t5-/m1/s1. The van der Waals surface area contributed by atoms with Gasteiger partial charge >= 0.3 is 0 Å². The van der Waals surface area contributed by atoms with Gasteiger partial charge in [-0.2, -0.15) is 0 Å². The molecule has 13 heavy (non-hydrogen) atoms. The van der Waals surface area contributed by atoms with E-state index < -0.39 is 11.0 Å². The van der Waals surface area contributed by atoms with E-state index in [1.165, 1.54) is 12.1 Å². The molecule has 5 heteroatoms. The lowest BCUT2D eigenvalue weighted by Crippen LogP contribution is -1.97. The van der Waals surface area contributed by atoms with Crippen LogP contribution >= 0.6 is 22.6 Å². The van der Waals surface area contributed by atoms with Crippen LogP contribution in [0.4, 0.5) is 5.69 Å². The van der Waals surface area contributed by atoms with Crippen LogP contribution in [0.3, 0.4) is 0 Å². The first-order valence-corrected chi connectivity index (χ1v) is 4.72. The fourth-order valence-corrected chi connectivity index (χ4v) is 1.75. The van der Waals surface area contributed by atoms with E-state index in [1.807, 2.05) is 22.6 Å². The van der Waals surface area contributed by atoms with Gasteiger partial charge in [-0.3, -0.25) is 10.1 Å². The number of halogens is 1. The second-order valence-corrected chi connectivity index (χ2v) is 3.80. The zero-order chi connectivity index (χ0) is 10.0. The van der Waals surface area contributed by atoms with Crippen LogP contribution in [0.2, 0.25) is 0 Å². The summed E-state index contributed by atoms with van der Waals surface area (Å²) in [5, 5.41) is 19.7. The van der Waals surface area contributed by atoms with Gasteiger partial charge in [0.05, 0.1) is 11.0 Å². The smallest absolute Gasteiger partial charge is 0.269 e.